The zero-order valence-corrected chi connectivity index (χ0v) is 25.6. The molecule has 15 nitrogen and oxygen atoms in total. The van der Waals surface area contributed by atoms with Gasteiger partial charge in [0.1, 0.15) is 6.04 Å². The third-order valence-electron chi connectivity index (χ3n) is 7.48. The van der Waals surface area contributed by atoms with Gasteiger partial charge in [-0.2, -0.15) is 0 Å². The molecule has 0 aliphatic carbocycles. The third-order valence-corrected chi connectivity index (χ3v) is 7.48. The van der Waals surface area contributed by atoms with E-state index < -0.39 is 23.8 Å². The number of hydrogen-bond donors (Lipinski definition) is 4. The Morgan fingerprint density at radius 3 is 2.53 bits per heavy atom. The maximum atomic E-state index is 13.5. The highest BCUT2D eigenvalue weighted by Gasteiger charge is 2.39. The number of ether oxygens (including phenoxy) is 4. The van der Waals surface area contributed by atoms with E-state index >= 15 is 0 Å². The summed E-state index contributed by atoms with van der Waals surface area (Å²) in [6.45, 7) is 2.07. The van der Waals surface area contributed by atoms with Crippen molar-refractivity contribution in [1.29, 1.82) is 0 Å². The standard InChI is InChI=1S/C32H36N6O9/c33-19-46-14-13-45-12-11-44-10-9-34-28(40)18-47-26-15-20-3-1-2-4-24(20)36-29(26)31(42)35-22-6-5-21-17-38(32(43)23(21)16-22)25-7-8-27(39)37-30(25)41/h1-6,15-16,25H,7-14,17-19,33H2,(H,34,40)(H,35,42)(H,37,39,41). The molecule has 47 heavy (non-hydrogen) atoms. The first-order valence-corrected chi connectivity index (χ1v) is 15.2. The Bertz CT molecular complexity index is 1650. The first-order valence-electron chi connectivity index (χ1n) is 15.2. The van der Waals surface area contributed by atoms with Crippen molar-refractivity contribution in [3.8, 4) is 5.75 Å². The number of imide groups is 1. The van der Waals surface area contributed by atoms with Gasteiger partial charge in [0.25, 0.3) is 17.7 Å². The summed E-state index contributed by atoms with van der Waals surface area (Å²) in [5.74, 6) is -2.15. The van der Waals surface area contributed by atoms with Crippen LogP contribution in [0.5, 0.6) is 5.75 Å². The van der Waals surface area contributed by atoms with Crippen molar-refractivity contribution in [2.75, 3.05) is 58.2 Å². The summed E-state index contributed by atoms with van der Waals surface area (Å²) < 4.78 is 21.5. The first-order chi connectivity index (χ1) is 22.8. The summed E-state index contributed by atoms with van der Waals surface area (Å²) in [5, 5.41) is 8.45. The van der Waals surface area contributed by atoms with Crippen LogP contribution >= 0.6 is 0 Å². The van der Waals surface area contributed by atoms with Gasteiger partial charge in [-0.3, -0.25) is 29.3 Å². The van der Waals surface area contributed by atoms with Gasteiger partial charge < -0.3 is 40.2 Å². The molecule has 15 heteroatoms. The molecule has 5 N–H and O–H groups in total. The van der Waals surface area contributed by atoms with Crippen molar-refractivity contribution in [2.24, 2.45) is 5.73 Å². The van der Waals surface area contributed by atoms with Crippen molar-refractivity contribution in [3.63, 3.8) is 0 Å². The molecule has 1 fully saturated rings. The molecule has 0 saturated carbocycles. The Morgan fingerprint density at radius 1 is 0.979 bits per heavy atom. The lowest BCUT2D eigenvalue weighted by atomic mass is 10.0. The number of para-hydroxylation sites is 1. The Morgan fingerprint density at radius 2 is 1.74 bits per heavy atom. The number of nitrogens with zero attached hydrogens (tertiary/aromatic N) is 2. The molecule has 0 radical (unpaired) electrons. The van der Waals surface area contributed by atoms with Gasteiger partial charge >= 0.3 is 0 Å². The number of aromatic nitrogens is 1. The number of piperidine rings is 1. The van der Waals surface area contributed by atoms with E-state index in [1.165, 1.54) is 4.90 Å². The summed E-state index contributed by atoms with van der Waals surface area (Å²) in [5.41, 5.74) is 7.11. The Hall–Kier alpha value is -4.96. The van der Waals surface area contributed by atoms with Crippen LogP contribution in [0.25, 0.3) is 10.9 Å². The molecule has 1 aromatic heterocycles. The molecular formula is C32H36N6O9. The number of rotatable bonds is 16. The van der Waals surface area contributed by atoms with Crippen LogP contribution in [0.15, 0.2) is 48.5 Å². The predicted molar refractivity (Wildman–Crippen MR) is 167 cm³/mol. The highest BCUT2D eigenvalue weighted by atomic mass is 16.5. The topological polar surface area (TPSA) is 201 Å². The molecule has 2 aliphatic heterocycles. The Balaban J connectivity index is 1.18. The van der Waals surface area contributed by atoms with Gasteiger partial charge in [-0.1, -0.05) is 24.3 Å². The van der Waals surface area contributed by atoms with Gasteiger partial charge in [-0.25, -0.2) is 4.98 Å². The van der Waals surface area contributed by atoms with Crippen molar-refractivity contribution >= 4 is 46.1 Å². The lowest BCUT2D eigenvalue weighted by Crippen LogP contribution is -2.52. The van der Waals surface area contributed by atoms with E-state index in [0.717, 1.165) is 0 Å². The molecule has 3 heterocycles. The second-order valence-corrected chi connectivity index (χ2v) is 10.7. The zero-order chi connectivity index (χ0) is 33.2. The molecule has 1 atom stereocenters. The summed E-state index contributed by atoms with van der Waals surface area (Å²) >= 11 is 0. The molecule has 248 valence electrons. The summed E-state index contributed by atoms with van der Waals surface area (Å²) in [6, 6.07) is 13.0. The lowest BCUT2D eigenvalue weighted by molar-refractivity contribution is -0.137. The van der Waals surface area contributed by atoms with Gasteiger partial charge in [0, 0.05) is 36.1 Å². The number of carbonyl (C=O) groups is 5. The molecule has 3 aromatic rings. The van der Waals surface area contributed by atoms with E-state index in [1.54, 1.807) is 36.4 Å². The quantitative estimate of drug-likeness (QED) is 0.0969. The molecular weight excluding hydrogens is 612 g/mol. The van der Waals surface area contributed by atoms with Crippen LogP contribution < -0.4 is 26.4 Å². The second-order valence-electron chi connectivity index (χ2n) is 10.7. The lowest BCUT2D eigenvalue weighted by Gasteiger charge is -2.29. The van der Waals surface area contributed by atoms with Gasteiger partial charge in [-0.05, 0) is 36.2 Å². The molecule has 2 aromatic carbocycles. The Kier molecular flexibility index (Phi) is 11.4. The van der Waals surface area contributed by atoms with Crippen LogP contribution in [-0.2, 0) is 35.1 Å². The second kappa shape index (κ2) is 16.0. The van der Waals surface area contributed by atoms with Gasteiger partial charge in [0.05, 0.1) is 45.3 Å². The normalized spacial score (nSPS) is 15.8. The van der Waals surface area contributed by atoms with Crippen LogP contribution in [0.3, 0.4) is 0 Å². The average molecular weight is 649 g/mol. The minimum Gasteiger partial charge on any atom is -0.481 e. The molecule has 2 aliphatic rings. The maximum absolute atomic E-state index is 13.5. The van der Waals surface area contributed by atoms with E-state index in [0.29, 0.717) is 54.1 Å². The van der Waals surface area contributed by atoms with Gasteiger partial charge in [0.15, 0.2) is 18.1 Å². The number of anilines is 1. The molecule has 0 spiro atoms. The first kappa shape index (κ1) is 33.4. The largest absolute Gasteiger partial charge is 0.481 e. The summed E-state index contributed by atoms with van der Waals surface area (Å²) in [4.78, 5) is 69.0. The summed E-state index contributed by atoms with van der Waals surface area (Å²) in [6.07, 6.45) is 0.401. The average Bonchev–Trinajstić information content (AvgIpc) is 3.39. The SMILES string of the molecule is NCOCCOCCOCCNC(=O)COc1cc2ccccc2nc1C(=O)Nc1ccc2c(c1)C(=O)N(C1CCC(=O)NC1=O)C2. The molecule has 5 amide bonds. The molecule has 1 saturated heterocycles. The van der Waals surface area contributed by atoms with E-state index in [-0.39, 0.29) is 69.1 Å². The van der Waals surface area contributed by atoms with E-state index in [9.17, 15) is 24.0 Å². The zero-order valence-electron chi connectivity index (χ0n) is 25.6. The van der Waals surface area contributed by atoms with Crippen LogP contribution in [0.2, 0.25) is 0 Å². The predicted octanol–water partition coefficient (Wildman–Crippen LogP) is 0.709. The number of carbonyl (C=O) groups excluding carboxylic acids is 5. The monoisotopic (exact) mass is 648 g/mol. The highest BCUT2D eigenvalue weighted by molar-refractivity contribution is 6.08. The number of fused-ring (bicyclic) bond motifs is 2. The van der Waals surface area contributed by atoms with Crippen molar-refractivity contribution in [1.82, 2.24) is 20.5 Å². The van der Waals surface area contributed by atoms with Crippen LogP contribution in [0.1, 0.15) is 39.3 Å². The summed E-state index contributed by atoms with van der Waals surface area (Å²) in [7, 11) is 0. The van der Waals surface area contributed by atoms with Crippen LogP contribution in [-0.4, -0.2) is 98.4 Å². The fourth-order valence-electron chi connectivity index (χ4n) is 5.17. The highest BCUT2D eigenvalue weighted by Crippen LogP contribution is 2.30. The molecule has 0 bridgehead atoms. The van der Waals surface area contributed by atoms with Crippen molar-refractivity contribution in [3.05, 3.63) is 65.4 Å². The van der Waals surface area contributed by atoms with Gasteiger partial charge in [-0.15, -0.1) is 0 Å². The van der Waals surface area contributed by atoms with Crippen molar-refractivity contribution in [2.45, 2.75) is 25.4 Å². The van der Waals surface area contributed by atoms with Crippen molar-refractivity contribution < 1.29 is 42.9 Å². The fraction of sp³-hybridized carbons (Fsp3) is 0.375. The van der Waals surface area contributed by atoms with E-state index in [2.05, 4.69) is 20.9 Å². The van der Waals surface area contributed by atoms with Crippen LogP contribution in [0, 0.1) is 0 Å². The van der Waals surface area contributed by atoms with E-state index in [4.69, 9.17) is 24.7 Å². The number of hydrogen-bond acceptors (Lipinski definition) is 11. The number of nitrogens with one attached hydrogen (secondary N) is 3. The van der Waals surface area contributed by atoms with Crippen LogP contribution in [0.4, 0.5) is 5.69 Å². The number of amides is 5. The minimum atomic E-state index is -0.746. The smallest absolute Gasteiger partial charge is 0.278 e. The molecule has 1 unspecified atom stereocenters. The van der Waals surface area contributed by atoms with Gasteiger partial charge in [0.2, 0.25) is 11.8 Å². The minimum absolute atomic E-state index is 0.0475. The maximum Gasteiger partial charge on any atom is 0.278 e. The third kappa shape index (κ3) is 8.65. The number of pyridine rings is 1. The number of nitrogens with two attached hydrogens (primary N) is 1. The molecule has 5 rings (SSSR count). The van der Waals surface area contributed by atoms with E-state index in [1.807, 2.05) is 12.1 Å². The Labute approximate surface area is 270 Å². The number of benzene rings is 2. The fourth-order valence-corrected chi connectivity index (χ4v) is 5.17.